The van der Waals surface area contributed by atoms with E-state index in [0.29, 0.717) is 25.2 Å². The molecule has 0 atom stereocenters. The Morgan fingerprint density at radius 3 is 2.36 bits per heavy atom. The molecule has 7 heteroatoms. The van der Waals surface area contributed by atoms with Crippen molar-refractivity contribution in [1.29, 1.82) is 0 Å². The molecule has 5 nitrogen and oxygen atoms in total. The maximum Gasteiger partial charge on any atom is 0.251 e. The Morgan fingerprint density at radius 1 is 0.964 bits per heavy atom. The van der Waals surface area contributed by atoms with Crippen molar-refractivity contribution < 1.29 is 9.18 Å². The van der Waals surface area contributed by atoms with Gasteiger partial charge in [0.05, 0.1) is 0 Å². The van der Waals surface area contributed by atoms with Gasteiger partial charge in [0.1, 0.15) is 5.82 Å². The van der Waals surface area contributed by atoms with Gasteiger partial charge in [-0.1, -0.05) is 30.3 Å². The van der Waals surface area contributed by atoms with Crippen LogP contribution in [0.15, 0.2) is 59.6 Å². The van der Waals surface area contributed by atoms with Crippen molar-refractivity contribution in [2.45, 2.75) is 19.8 Å². The molecule has 0 aliphatic carbocycles. The number of aliphatic imine (C=N–C) groups is 1. The van der Waals surface area contributed by atoms with Crippen molar-refractivity contribution in [2.75, 3.05) is 26.2 Å². The van der Waals surface area contributed by atoms with Crippen LogP contribution in [-0.4, -0.2) is 38.0 Å². The minimum atomic E-state index is -0.221. The van der Waals surface area contributed by atoms with E-state index in [1.807, 2.05) is 25.1 Å². The fraction of sp³-hybridized carbons (Fsp3) is 0.333. The number of nitrogens with zero attached hydrogens (tertiary/aromatic N) is 1. The monoisotopic (exact) mass is 498 g/mol. The van der Waals surface area contributed by atoms with E-state index in [9.17, 15) is 9.18 Å². The molecule has 3 N–H and O–H groups in total. The van der Waals surface area contributed by atoms with Crippen LogP contribution in [0.5, 0.6) is 0 Å². The molecular formula is C21H28FIN4O. The van der Waals surface area contributed by atoms with Crippen LogP contribution in [-0.2, 0) is 6.42 Å². The third-order valence-electron chi connectivity index (χ3n) is 3.89. The Morgan fingerprint density at radius 2 is 1.68 bits per heavy atom. The van der Waals surface area contributed by atoms with Crippen molar-refractivity contribution in [1.82, 2.24) is 16.0 Å². The molecule has 28 heavy (non-hydrogen) atoms. The predicted octanol–water partition coefficient (Wildman–Crippen LogP) is 3.36. The van der Waals surface area contributed by atoms with Gasteiger partial charge in [-0.3, -0.25) is 9.79 Å². The lowest BCUT2D eigenvalue weighted by Gasteiger charge is -2.11. The van der Waals surface area contributed by atoms with Crippen LogP contribution < -0.4 is 16.0 Å². The van der Waals surface area contributed by atoms with Crippen LogP contribution in [0.3, 0.4) is 0 Å². The van der Waals surface area contributed by atoms with E-state index >= 15 is 0 Å². The quantitative estimate of drug-likeness (QED) is 0.215. The summed E-state index contributed by atoms with van der Waals surface area (Å²) in [4.78, 5) is 16.5. The summed E-state index contributed by atoms with van der Waals surface area (Å²) in [7, 11) is 0. The lowest BCUT2D eigenvalue weighted by atomic mass is 10.1. The van der Waals surface area contributed by atoms with Crippen molar-refractivity contribution in [3.05, 3.63) is 71.5 Å². The fourth-order valence-electron chi connectivity index (χ4n) is 2.48. The highest BCUT2D eigenvalue weighted by molar-refractivity contribution is 14.0. The standard InChI is InChI=1S/C21H27FN4O.HI/c1-2-23-21(26-16-13-17-9-11-19(22)12-10-17)25-15-6-14-24-20(27)18-7-4-3-5-8-18;/h3-5,7-12H,2,6,13-16H2,1H3,(H,24,27)(H2,23,25,26);1H. The Bertz CT molecular complexity index is 723. The molecule has 152 valence electrons. The maximum atomic E-state index is 12.9. The molecule has 2 aromatic carbocycles. The van der Waals surface area contributed by atoms with Gasteiger partial charge in [-0.25, -0.2) is 4.39 Å². The molecule has 0 unspecified atom stereocenters. The van der Waals surface area contributed by atoms with Crippen LogP contribution in [0.2, 0.25) is 0 Å². The van der Waals surface area contributed by atoms with E-state index in [-0.39, 0.29) is 35.7 Å². The fourth-order valence-corrected chi connectivity index (χ4v) is 2.48. The minimum Gasteiger partial charge on any atom is -0.357 e. The third kappa shape index (κ3) is 9.16. The maximum absolute atomic E-state index is 12.9. The third-order valence-corrected chi connectivity index (χ3v) is 3.89. The zero-order valence-electron chi connectivity index (χ0n) is 16.1. The number of hydrogen-bond donors (Lipinski definition) is 3. The number of nitrogens with one attached hydrogen (secondary N) is 3. The van der Waals surface area contributed by atoms with Gasteiger partial charge in [0.2, 0.25) is 0 Å². The van der Waals surface area contributed by atoms with E-state index in [1.165, 1.54) is 12.1 Å². The number of benzene rings is 2. The Labute approximate surface area is 183 Å². The molecule has 2 aromatic rings. The SMILES string of the molecule is CCNC(=NCCCNC(=O)c1ccccc1)NCCc1ccc(F)cc1.I. The molecule has 0 aliphatic rings. The summed E-state index contributed by atoms with van der Waals surface area (Å²) < 4.78 is 12.9. The van der Waals surface area contributed by atoms with Gasteiger partial charge in [0.15, 0.2) is 5.96 Å². The summed E-state index contributed by atoms with van der Waals surface area (Å²) >= 11 is 0. The van der Waals surface area contributed by atoms with E-state index in [4.69, 9.17) is 0 Å². The minimum absolute atomic E-state index is 0. The van der Waals surface area contributed by atoms with Crippen LogP contribution >= 0.6 is 24.0 Å². The zero-order valence-corrected chi connectivity index (χ0v) is 18.4. The summed E-state index contributed by atoms with van der Waals surface area (Å²) in [6.45, 7) is 4.68. The lowest BCUT2D eigenvalue weighted by molar-refractivity contribution is 0.0953. The number of rotatable bonds is 9. The summed E-state index contributed by atoms with van der Waals surface area (Å²) in [5.41, 5.74) is 1.74. The number of halogens is 2. The largest absolute Gasteiger partial charge is 0.357 e. The van der Waals surface area contributed by atoms with Gasteiger partial charge < -0.3 is 16.0 Å². The molecular weight excluding hydrogens is 470 g/mol. The predicted molar refractivity (Wildman–Crippen MR) is 123 cm³/mol. The number of hydrogen-bond acceptors (Lipinski definition) is 2. The van der Waals surface area contributed by atoms with E-state index in [2.05, 4.69) is 20.9 Å². The molecule has 0 saturated heterocycles. The summed E-state index contributed by atoms with van der Waals surface area (Å²) in [5.74, 6) is 0.457. The molecule has 0 radical (unpaired) electrons. The van der Waals surface area contributed by atoms with E-state index < -0.39 is 0 Å². The Kier molecular flexibility index (Phi) is 11.9. The molecule has 0 bridgehead atoms. The van der Waals surface area contributed by atoms with Crippen LogP contribution in [0.25, 0.3) is 0 Å². The van der Waals surface area contributed by atoms with E-state index in [0.717, 1.165) is 30.9 Å². The highest BCUT2D eigenvalue weighted by Crippen LogP contribution is 2.02. The molecule has 0 fully saturated rings. The zero-order chi connectivity index (χ0) is 19.3. The number of carbonyl (C=O) groups is 1. The van der Waals surface area contributed by atoms with Crippen LogP contribution in [0.1, 0.15) is 29.3 Å². The first-order valence-corrected chi connectivity index (χ1v) is 9.29. The molecule has 0 aromatic heterocycles. The molecule has 0 heterocycles. The van der Waals surface area contributed by atoms with Gasteiger partial charge >= 0.3 is 0 Å². The number of carbonyl (C=O) groups excluding carboxylic acids is 1. The van der Waals surface area contributed by atoms with Crippen LogP contribution in [0.4, 0.5) is 4.39 Å². The second-order valence-corrected chi connectivity index (χ2v) is 6.04. The summed E-state index contributed by atoms with van der Waals surface area (Å²) in [6.07, 6.45) is 1.55. The molecule has 2 rings (SSSR count). The highest BCUT2D eigenvalue weighted by Gasteiger charge is 2.03. The van der Waals surface area contributed by atoms with Crippen molar-refractivity contribution in [3.63, 3.8) is 0 Å². The van der Waals surface area contributed by atoms with Gasteiger partial charge in [0, 0.05) is 31.7 Å². The molecule has 0 aliphatic heterocycles. The number of amides is 1. The normalized spacial score (nSPS) is 10.7. The first-order valence-electron chi connectivity index (χ1n) is 9.29. The second-order valence-electron chi connectivity index (χ2n) is 6.04. The highest BCUT2D eigenvalue weighted by atomic mass is 127. The lowest BCUT2D eigenvalue weighted by Crippen LogP contribution is -2.38. The van der Waals surface area contributed by atoms with Crippen molar-refractivity contribution in [3.8, 4) is 0 Å². The van der Waals surface area contributed by atoms with Gasteiger partial charge in [-0.05, 0) is 49.6 Å². The van der Waals surface area contributed by atoms with Gasteiger partial charge in [-0.2, -0.15) is 0 Å². The molecule has 0 saturated carbocycles. The number of guanidine groups is 1. The Hall–Kier alpha value is -2.16. The van der Waals surface area contributed by atoms with Crippen molar-refractivity contribution >= 4 is 35.8 Å². The van der Waals surface area contributed by atoms with Gasteiger partial charge in [0.25, 0.3) is 5.91 Å². The smallest absolute Gasteiger partial charge is 0.251 e. The first kappa shape index (κ1) is 23.9. The first-order chi connectivity index (χ1) is 13.2. The Balaban J connectivity index is 0.00000392. The average molecular weight is 498 g/mol. The van der Waals surface area contributed by atoms with E-state index in [1.54, 1.807) is 24.3 Å². The van der Waals surface area contributed by atoms with Gasteiger partial charge in [-0.15, -0.1) is 24.0 Å². The van der Waals surface area contributed by atoms with Crippen molar-refractivity contribution in [2.24, 2.45) is 4.99 Å². The molecule has 0 spiro atoms. The van der Waals surface area contributed by atoms with Crippen LogP contribution in [0, 0.1) is 5.82 Å². The summed E-state index contributed by atoms with van der Waals surface area (Å²) in [6, 6.07) is 15.7. The average Bonchev–Trinajstić information content (AvgIpc) is 2.69. The molecule has 1 amide bonds. The topological polar surface area (TPSA) is 65.5 Å². The second kappa shape index (κ2) is 13.9. The summed E-state index contributed by atoms with van der Waals surface area (Å²) in [5, 5.41) is 9.36.